The average molecular weight is 660 g/mol. The maximum absolute atomic E-state index is 5.07. The molecule has 4 heteroatoms. The Morgan fingerprint density at radius 1 is 0.560 bits per heavy atom. The van der Waals surface area contributed by atoms with Crippen LogP contribution >= 0.6 is 0 Å². The van der Waals surface area contributed by atoms with E-state index in [-0.39, 0.29) is 0 Å². The molecule has 240 valence electrons. The summed E-state index contributed by atoms with van der Waals surface area (Å²) in [7, 11) is -2.58. The molecule has 50 heavy (non-hydrogen) atoms. The fourth-order valence-electron chi connectivity index (χ4n) is 8.03. The van der Waals surface area contributed by atoms with Crippen molar-refractivity contribution in [2.75, 3.05) is 6.54 Å². The van der Waals surface area contributed by atoms with Crippen LogP contribution < -0.4 is 20.9 Å². The number of allylic oxidation sites excluding steroid dienone is 4. The van der Waals surface area contributed by atoms with Crippen LogP contribution in [0, 0.1) is 0 Å². The molecule has 6 aromatic carbocycles. The van der Waals surface area contributed by atoms with Crippen LogP contribution in [0.25, 0.3) is 38.6 Å². The van der Waals surface area contributed by atoms with Crippen molar-refractivity contribution < 1.29 is 0 Å². The third kappa shape index (κ3) is 5.08. The molecule has 2 heterocycles. The molecule has 1 aliphatic heterocycles. The Bertz CT molecular complexity index is 2430. The largest absolute Gasteiger partial charge is 0.325 e. The van der Waals surface area contributed by atoms with Gasteiger partial charge in [-0.05, 0) is 63.3 Å². The summed E-state index contributed by atoms with van der Waals surface area (Å²) in [6.45, 7) is 0.601. The van der Waals surface area contributed by atoms with E-state index in [1.807, 2.05) is 0 Å². The van der Waals surface area contributed by atoms with Crippen LogP contribution in [0.1, 0.15) is 18.4 Å². The molecule has 1 aromatic heterocycles. The fourth-order valence-corrected chi connectivity index (χ4v) is 13.1. The number of hydrogen-bond acceptors (Lipinski definition) is 2. The molecule has 0 fully saturated rings. The summed E-state index contributed by atoms with van der Waals surface area (Å²) in [4.78, 5) is 5.07. The number of nitrogens with zero attached hydrogens (tertiary/aromatic N) is 2. The number of aliphatic imine (C=N–C) groups is 1. The molecule has 0 saturated carbocycles. The lowest BCUT2D eigenvalue weighted by Crippen LogP contribution is -2.68. The van der Waals surface area contributed by atoms with Crippen LogP contribution in [0.4, 0.5) is 0 Å². The Balaban J connectivity index is 1.17. The number of fused-ring (bicyclic) bond motifs is 3. The number of hydrogen-bond donors (Lipinski definition) is 1. The second-order valence-corrected chi connectivity index (χ2v) is 17.0. The van der Waals surface area contributed by atoms with Crippen LogP contribution in [-0.4, -0.2) is 25.1 Å². The first-order valence-electron chi connectivity index (χ1n) is 17.5. The van der Waals surface area contributed by atoms with Crippen molar-refractivity contribution in [3.8, 4) is 11.1 Å². The lowest BCUT2D eigenvalue weighted by atomic mass is 10.0. The molecule has 0 saturated heterocycles. The van der Waals surface area contributed by atoms with Crippen molar-refractivity contribution >= 4 is 57.1 Å². The number of benzene rings is 6. The van der Waals surface area contributed by atoms with Gasteiger partial charge in [-0.25, -0.2) is 4.99 Å². The van der Waals surface area contributed by atoms with E-state index in [1.165, 1.54) is 43.0 Å². The van der Waals surface area contributed by atoms with Gasteiger partial charge in [0.2, 0.25) is 5.96 Å². The van der Waals surface area contributed by atoms with E-state index >= 15 is 0 Å². The molecule has 0 atom stereocenters. The van der Waals surface area contributed by atoms with Gasteiger partial charge in [0.1, 0.15) is 0 Å². The molecule has 7 aromatic rings. The van der Waals surface area contributed by atoms with Gasteiger partial charge in [-0.2, -0.15) is 0 Å². The maximum Gasteiger partial charge on any atom is 0.208 e. The van der Waals surface area contributed by atoms with Crippen molar-refractivity contribution in [2.24, 2.45) is 4.99 Å². The van der Waals surface area contributed by atoms with Gasteiger partial charge in [0.05, 0.1) is 17.6 Å². The lowest BCUT2D eigenvalue weighted by Gasteiger charge is -2.37. The van der Waals surface area contributed by atoms with Crippen molar-refractivity contribution in [1.29, 1.82) is 0 Å². The van der Waals surface area contributed by atoms with Crippen LogP contribution in [-0.2, 0) is 0 Å². The average Bonchev–Trinajstić information content (AvgIpc) is 3.54. The first-order chi connectivity index (χ1) is 24.8. The molecule has 9 rings (SSSR count). The normalized spacial score (nSPS) is 14.6. The molecule has 0 amide bonds. The van der Waals surface area contributed by atoms with E-state index in [0.29, 0.717) is 6.54 Å². The van der Waals surface area contributed by atoms with Gasteiger partial charge in [-0.1, -0.05) is 169 Å². The van der Waals surface area contributed by atoms with Crippen LogP contribution in [0.2, 0.25) is 0 Å². The predicted molar refractivity (Wildman–Crippen MR) is 214 cm³/mol. The minimum atomic E-state index is -2.58. The zero-order valence-electron chi connectivity index (χ0n) is 27.8. The van der Waals surface area contributed by atoms with Crippen molar-refractivity contribution in [3.05, 3.63) is 193 Å². The lowest BCUT2D eigenvalue weighted by molar-refractivity contribution is 1.01. The first-order valence-corrected chi connectivity index (χ1v) is 19.5. The molecule has 3 nitrogen and oxygen atoms in total. The molecular formula is C46H37N3Si. The van der Waals surface area contributed by atoms with E-state index in [1.54, 1.807) is 5.20 Å². The van der Waals surface area contributed by atoms with Crippen LogP contribution in [0.5, 0.6) is 0 Å². The molecule has 2 aliphatic rings. The van der Waals surface area contributed by atoms with E-state index < -0.39 is 8.07 Å². The van der Waals surface area contributed by atoms with E-state index in [9.17, 15) is 0 Å². The molecule has 1 aliphatic carbocycles. The Morgan fingerprint density at radius 2 is 1.22 bits per heavy atom. The van der Waals surface area contributed by atoms with E-state index in [0.717, 1.165) is 35.5 Å². The number of rotatable bonds is 6. The third-order valence-corrected chi connectivity index (χ3v) is 15.2. The van der Waals surface area contributed by atoms with Gasteiger partial charge in [0.15, 0.2) is 8.07 Å². The molecular weight excluding hydrogens is 623 g/mol. The minimum Gasteiger partial charge on any atom is -0.325 e. The van der Waals surface area contributed by atoms with Gasteiger partial charge >= 0.3 is 0 Å². The number of nitrogens with one attached hydrogen (secondary N) is 1. The monoisotopic (exact) mass is 659 g/mol. The second-order valence-electron chi connectivity index (χ2n) is 13.1. The smallest absolute Gasteiger partial charge is 0.208 e. The highest BCUT2D eigenvalue weighted by molar-refractivity contribution is 7.16. The quantitative estimate of drug-likeness (QED) is 0.141. The highest BCUT2D eigenvalue weighted by Gasteiger charge is 2.43. The third-order valence-electron chi connectivity index (χ3n) is 10.3. The Kier molecular flexibility index (Phi) is 7.71. The maximum atomic E-state index is 5.07. The molecule has 0 radical (unpaired) electrons. The Labute approximate surface area is 294 Å². The minimum absolute atomic E-state index is 0.601. The molecule has 0 bridgehead atoms. The van der Waals surface area contributed by atoms with Gasteiger partial charge in [-0.3, -0.25) is 4.57 Å². The fraction of sp³-hybridized carbons (Fsp3) is 0.0652. The summed E-state index contributed by atoms with van der Waals surface area (Å²) in [5.74, 6) is 0.846. The Hall–Kier alpha value is -5.97. The predicted octanol–water partition coefficient (Wildman–Crippen LogP) is 8.60. The highest BCUT2D eigenvalue weighted by atomic mass is 28.3. The standard InChI is InChI=1S/C46H37N3Si/c1-5-16-34(17-6-1)35-28-29-42-41-26-13-14-27-44(41)49(45(42)33-35)46-47-31-30-43(48-46)36-18-15-25-40(32-36)50(37-19-7-2-8-20-37,38-21-9-3-10-22-38)39-23-11-4-12-24-39/h1-11,13-23,25-30,32-33H,12,24,31H2,(H,47,48). The Morgan fingerprint density at radius 3 is 1.96 bits per heavy atom. The van der Waals surface area contributed by atoms with Gasteiger partial charge < -0.3 is 5.32 Å². The molecule has 0 unspecified atom stereocenters. The SMILES string of the molecule is C1=CCCC([Si](c2ccccc2)(c2ccccc2)c2cccc(C3=CCN=C(n4c5ccccc5c5ccc(-c6ccccc6)cc54)N3)c2)=C1. The summed E-state index contributed by atoms with van der Waals surface area (Å²) in [5, 5.41) is 12.0. The zero-order chi connectivity index (χ0) is 33.3. The topological polar surface area (TPSA) is 29.3 Å². The van der Waals surface area contributed by atoms with Crippen LogP contribution in [0.3, 0.4) is 0 Å². The summed E-state index contributed by atoms with van der Waals surface area (Å²) >= 11 is 0. The van der Waals surface area contributed by atoms with Crippen molar-refractivity contribution in [1.82, 2.24) is 9.88 Å². The number of aromatic nitrogens is 1. The molecule has 1 N–H and O–H groups in total. The summed E-state index contributed by atoms with van der Waals surface area (Å²) in [5.41, 5.74) is 6.95. The zero-order valence-corrected chi connectivity index (χ0v) is 28.8. The van der Waals surface area contributed by atoms with Gasteiger partial charge in [0.25, 0.3) is 0 Å². The summed E-state index contributed by atoms with van der Waals surface area (Å²) in [6.07, 6.45) is 11.3. The van der Waals surface area contributed by atoms with Crippen molar-refractivity contribution in [3.63, 3.8) is 0 Å². The van der Waals surface area contributed by atoms with Gasteiger partial charge in [-0.15, -0.1) is 0 Å². The summed E-state index contributed by atoms with van der Waals surface area (Å²) < 4.78 is 2.31. The highest BCUT2D eigenvalue weighted by Crippen LogP contribution is 2.33. The van der Waals surface area contributed by atoms with E-state index in [2.05, 4.69) is 192 Å². The number of para-hydroxylation sites is 1. The van der Waals surface area contributed by atoms with Gasteiger partial charge in [0, 0.05) is 16.5 Å². The first kappa shape index (κ1) is 30.1. The summed E-state index contributed by atoms with van der Waals surface area (Å²) in [6, 6.07) is 57.8. The van der Waals surface area contributed by atoms with E-state index in [4.69, 9.17) is 4.99 Å². The second kappa shape index (κ2) is 12.8. The van der Waals surface area contributed by atoms with Crippen LogP contribution in [0.15, 0.2) is 192 Å². The van der Waals surface area contributed by atoms with Crippen molar-refractivity contribution in [2.45, 2.75) is 12.8 Å². The molecule has 0 spiro atoms.